The molecule has 190 valence electrons. The first-order chi connectivity index (χ1) is 17.1. The first kappa shape index (κ1) is 27.5. The number of benzene rings is 3. The molecule has 0 heterocycles. The molecule has 3 aromatic carbocycles. The van der Waals surface area contributed by atoms with Crippen molar-refractivity contribution >= 4 is 23.6 Å². The number of hydrogen-bond acceptors (Lipinski definition) is 3. The Morgan fingerprint density at radius 1 is 0.833 bits per heavy atom. The van der Waals surface area contributed by atoms with Crippen molar-refractivity contribution in [3.05, 3.63) is 107 Å². The second-order valence-corrected chi connectivity index (χ2v) is 11.3. The number of aryl methyl sites for hydroxylation is 2. The number of rotatable bonds is 10. The van der Waals surface area contributed by atoms with Gasteiger partial charge >= 0.3 is 0 Å². The van der Waals surface area contributed by atoms with E-state index in [2.05, 4.69) is 24.4 Å². The lowest BCUT2D eigenvalue weighted by molar-refractivity contribution is -0.140. The molecule has 0 radical (unpaired) electrons. The summed E-state index contributed by atoms with van der Waals surface area (Å²) in [5.41, 5.74) is 5.24. The van der Waals surface area contributed by atoms with E-state index in [0.717, 1.165) is 22.4 Å². The molecule has 0 aliphatic rings. The third-order valence-corrected chi connectivity index (χ3v) is 7.08. The van der Waals surface area contributed by atoms with Crippen LogP contribution in [0, 0.1) is 13.8 Å². The molecule has 0 bridgehead atoms. The van der Waals surface area contributed by atoms with E-state index >= 15 is 0 Å². The number of carbonyl (C=O) groups is 2. The van der Waals surface area contributed by atoms with Crippen LogP contribution in [-0.2, 0) is 28.3 Å². The van der Waals surface area contributed by atoms with Crippen LogP contribution in [0.4, 0.5) is 0 Å². The van der Waals surface area contributed by atoms with Gasteiger partial charge in [0, 0.05) is 24.3 Å². The number of nitrogens with one attached hydrogen (secondary N) is 1. The molecule has 0 aliphatic carbocycles. The number of nitrogens with zero attached hydrogens (tertiary/aromatic N) is 1. The molecular weight excluding hydrogens is 464 g/mol. The van der Waals surface area contributed by atoms with Gasteiger partial charge in [-0.3, -0.25) is 9.59 Å². The van der Waals surface area contributed by atoms with Gasteiger partial charge in [-0.05, 0) is 62.4 Å². The van der Waals surface area contributed by atoms with E-state index in [9.17, 15) is 9.59 Å². The second-order valence-electron chi connectivity index (χ2n) is 10.3. The zero-order valence-electron chi connectivity index (χ0n) is 22.1. The highest BCUT2D eigenvalue weighted by Crippen LogP contribution is 2.21. The predicted molar refractivity (Wildman–Crippen MR) is 151 cm³/mol. The Balaban J connectivity index is 1.89. The second kappa shape index (κ2) is 12.8. The monoisotopic (exact) mass is 502 g/mol. The van der Waals surface area contributed by atoms with Crippen molar-refractivity contribution in [2.45, 2.75) is 64.9 Å². The molecule has 0 unspecified atom stereocenters. The standard InChI is InChI=1S/C31H38N2O2S/c1-23-13-9-11-17-26(23)20-33(29(34)22-36-21-27-18-12-10-14-24(27)2)28(30(35)32-31(3,4)5)19-25-15-7-6-8-16-25/h6-18,28H,19-22H2,1-5H3,(H,32,35)/t28-/m0/s1. The summed E-state index contributed by atoms with van der Waals surface area (Å²) in [5, 5.41) is 3.13. The van der Waals surface area contributed by atoms with E-state index < -0.39 is 11.6 Å². The Labute approximate surface area is 220 Å². The molecule has 3 rings (SSSR count). The van der Waals surface area contributed by atoms with E-state index in [1.54, 1.807) is 16.7 Å². The molecule has 2 amide bonds. The Hall–Kier alpha value is -3.05. The molecule has 0 saturated carbocycles. The van der Waals surface area contributed by atoms with Gasteiger partial charge in [-0.1, -0.05) is 78.9 Å². The maximum atomic E-state index is 13.8. The molecule has 0 fully saturated rings. The van der Waals surface area contributed by atoms with Gasteiger partial charge < -0.3 is 10.2 Å². The first-order valence-electron chi connectivity index (χ1n) is 12.5. The largest absolute Gasteiger partial charge is 0.350 e. The van der Waals surface area contributed by atoms with Crippen LogP contribution in [-0.4, -0.2) is 34.0 Å². The van der Waals surface area contributed by atoms with Crippen LogP contribution >= 0.6 is 11.8 Å². The van der Waals surface area contributed by atoms with Crippen LogP contribution in [0.3, 0.4) is 0 Å². The van der Waals surface area contributed by atoms with Crippen LogP contribution in [0.2, 0.25) is 0 Å². The molecule has 36 heavy (non-hydrogen) atoms. The summed E-state index contributed by atoms with van der Waals surface area (Å²) < 4.78 is 0. The highest BCUT2D eigenvalue weighted by atomic mass is 32.2. The maximum Gasteiger partial charge on any atom is 0.243 e. The fourth-order valence-electron chi connectivity index (χ4n) is 4.08. The molecule has 3 aromatic rings. The molecule has 1 atom stereocenters. The minimum absolute atomic E-state index is 0.0261. The SMILES string of the molecule is Cc1ccccc1CSCC(=O)N(Cc1ccccc1C)[C@@H](Cc1ccccc1)C(=O)NC(C)(C)C. The fraction of sp³-hybridized carbons (Fsp3) is 0.355. The summed E-state index contributed by atoms with van der Waals surface area (Å²) >= 11 is 1.60. The van der Waals surface area contributed by atoms with Gasteiger partial charge in [0.1, 0.15) is 6.04 Å². The van der Waals surface area contributed by atoms with Gasteiger partial charge in [0.05, 0.1) is 5.75 Å². The average Bonchev–Trinajstić information content (AvgIpc) is 2.83. The third kappa shape index (κ3) is 8.27. The third-order valence-electron chi connectivity index (χ3n) is 6.12. The highest BCUT2D eigenvalue weighted by Gasteiger charge is 2.32. The summed E-state index contributed by atoms with van der Waals surface area (Å²) in [7, 11) is 0. The summed E-state index contributed by atoms with van der Waals surface area (Å²) in [6.45, 7) is 10.4. The highest BCUT2D eigenvalue weighted by molar-refractivity contribution is 7.99. The van der Waals surface area contributed by atoms with Gasteiger partial charge in [-0.25, -0.2) is 0 Å². The minimum Gasteiger partial charge on any atom is -0.350 e. The molecular formula is C31H38N2O2S. The lowest BCUT2D eigenvalue weighted by atomic mass is 10.00. The van der Waals surface area contributed by atoms with Crippen molar-refractivity contribution in [3.8, 4) is 0 Å². The van der Waals surface area contributed by atoms with E-state index in [4.69, 9.17) is 0 Å². The van der Waals surface area contributed by atoms with Crippen LogP contribution in [0.1, 0.15) is 48.6 Å². The molecule has 0 aromatic heterocycles. The topological polar surface area (TPSA) is 49.4 Å². The van der Waals surface area contributed by atoms with Crippen LogP contribution < -0.4 is 5.32 Å². The van der Waals surface area contributed by atoms with Crippen LogP contribution in [0.5, 0.6) is 0 Å². The average molecular weight is 503 g/mol. The first-order valence-corrected chi connectivity index (χ1v) is 13.6. The summed E-state index contributed by atoms with van der Waals surface area (Å²) in [6.07, 6.45) is 0.461. The predicted octanol–water partition coefficient (Wildman–Crippen LogP) is 6.09. The van der Waals surface area contributed by atoms with Crippen molar-refractivity contribution < 1.29 is 9.59 Å². The fourth-order valence-corrected chi connectivity index (χ4v) is 5.07. The lowest BCUT2D eigenvalue weighted by Gasteiger charge is -2.34. The van der Waals surface area contributed by atoms with Gasteiger partial charge in [0.2, 0.25) is 11.8 Å². The lowest BCUT2D eigenvalue weighted by Crippen LogP contribution is -2.54. The molecule has 5 heteroatoms. The molecule has 0 aliphatic heterocycles. The zero-order valence-corrected chi connectivity index (χ0v) is 22.9. The normalized spacial score (nSPS) is 12.1. The summed E-state index contributed by atoms with van der Waals surface area (Å²) in [4.78, 5) is 29.2. The van der Waals surface area contributed by atoms with Crippen molar-refractivity contribution in [1.29, 1.82) is 0 Å². The summed E-state index contributed by atoms with van der Waals surface area (Å²) in [6, 6.07) is 25.6. The Morgan fingerprint density at radius 2 is 1.39 bits per heavy atom. The van der Waals surface area contributed by atoms with Gasteiger partial charge in [0.25, 0.3) is 0 Å². The number of carbonyl (C=O) groups excluding carboxylic acids is 2. The van der Waals surface area contributed by atoms with Gasteiger partial charge in [0.15, 0.2) is 0 Å². The van der Waals surface area contributed by atoms with E-state index in [-0.39, 0.29) is 11.8 Å². The molecule has 1 N–H and O–H groups in total. The van der Waals surface area contributed by atoms with Gasteiger partial charge in [-0.15, -0.1) is 11.8 Å². The Bertz CT molecular complexity index is 1150. The van der Waals surface area contributed by atoms with Crippen LogP contribution in [0.15, 0.2) is 78.9 Å². The number of amides is 2. The molecule has 0 saturated heterocycles. The van der Waals surface area contributed by atoms with E-state index in [1.165, 1.54) is 11.1 Å². The van der Waals surface area contributed by atoms with E-state index in [1.807, 2.05) is 94.4 Å². The smallest absolute Gasteiger partial charge is 0.243 e. The molecule has 0 spiro atoms. The van der Waals surface area contributed by atoms with E-state index in [0.29, 0.717) is 18.7 Å². The van der Waals surface area contributed by atoms with Crippen molar-refractivity contribution in [3.63, 3.8) is 0 Å². The molecule has 4 nitrogen and oxygen atoms in total. The van der Waals surface area contributed by atoms with Gasteiger partial charge in [-0.2, -0.15) is 0 Å². The Morgan fingerprint density at radius 3 is 1.97 bits per heavy atom. The van der Waals surface area contributed by atoms with Crippen molar-refractivity contribution in [2.24, 2.45) is 0 Å². The van der Waals surface area contributed by atoms with Crippen LogP contribution in [0.25, 0.3) is 0 Å². The quantitative estimate of drug-likeness (QED) is 0.365. The summed E-state index contributed by atoms with van der Waals surface area (Å²) in [5.74, 6) is 0.918. The Kier molecular flexibility index (Phi) is 9.77. The maximum absolute atomic E-state index is 13.8. The minimum atomic E-state index is -0.613. The number of thioether (sulfide) groups is 1. The number of hydrogen-bond donors (Lipinski definition) is 1. The zero-order chi connectivity index (χ0) is 26.1. The van der Waals surface area contributed by atoms with Crippen molar-refractivity contribution in [2.75, 3.05) is 5.75 Å². The van der Waals surface area contributed by atoms with Crippen molar-refractivity contribution in [1.82, 2.24) is 10.2 Å².